The summed E-state index contributed by atoms with van der Waals surface area (Å²) in [4.78, 5) is 11.9. The highest BCUT2D eigenvalue weighted by molar-refractivity contribution is 9.10. The molecule has 1 aromatic rings. The van der Waals surface area contributed by atoms with Gasteiger partial charge in [0.05, 0.1) is 6.61 Å². The summed E-state index contributed by atoms with van der Waals surface area (Å²) in [5.41, 5.74) is 2.23. The van der Waals surface area contributed by atoms with Crippen LogP contribution in [0.25, 0.3) is 0 Å². The molecule has 0 aromatic heterocycles. The Hall–Kier alpha value is -1.07. The van der Waals surface area contributed by atoms with Crippen molar-refractivity contribution < 1.29 is 14.3 Å². The van der Waals surface area contributed by atoms with Crippen LogP contribution in [0.5, 0.6) is 5.75 Å². The van der Waals surface area contributed by atoms with Crippen molar-refractivity contribution in [2.45, 2.75) is 31.9 Å². The van der Waals surface area contributed by atoms with Gasteiger partial charge in [-0.05, 0) is 30.5 Å². The number of hydrogen-bond donors (Lipinski definition) is 1. The molecule has 1 N–H and O–H groups in total. The first-order chi connectivity index (χ1) is 9.24. The second-order valence-corrected chi connectivity index (χ2v) is 5.79. The smallest absolute Gasteiger partial charge is 0.249 e. The zero-order valence-corrected chi connectivity index (χ0v) is 12.2. The van der Waals surface area contributed by atoms with Gasteiger partial charge < -0.3 is 14.8 Å². The predicted molar refractivity (Wildman–Crippen MR) is 74.2 cm³/mol. The second kappa shape index (κ2) is 5.51. The fourth-order valence-electron chi connectivity index (χ4n) is 2.56. The maximum atomic E-state index is 11.9. The monoisotopic (exact) mass is 325 g/mol. The van der Waals surface area contributed by atoms with Crippen LogP contribution in [0.15, 0.2) is 16.6 Å². The number of carbonyl (C=O) groups is 1. The van der Waals surface area contributed by atoms with E-state index in [1.165, 1.54) is 5.56 Å². The predicted octanol–water partition coefficient (Wildman–Crippen LogP) is 2.18. The van der Waals surface area contributed by atoms with Crippen molar-refractivity contribution in [2.24, 2.45) is 0 Å². The molecule has 0 spiro atoms. The summed E-state index contributed by atoms with van der Waals surface area (Å²) in [6.07, 6.45) is 2.44. The number of halogens is 1. The maximum Gasteiger partial charge on any atom is 0.249 e. The quantitative estimate of drug-likeness (QED) is 0.926. The van der Waals surface area contributed by atoms with Gasteiger partial charge in [0.1, 0.15) is 11.9 Å². The van der Waals surface area contributed by atoms with E-state index in [2.05, 4.69) is 27.3 Å². The van der Waals surface area contributed by atoms with Crippen LogP contribution in [0.2, 0.25) is 0 Å². The molecule has 2 heterocycles. The zero-order valence-electron chi connectivity index (χ0n) is 10.6. The van der Waals surface area contributed by atoms with E-state index in [4.69, 9.17) is 9.47 Å². The Morgan fingerprint density at radius 3 is 3.11 bits per heavy atom. The molecule has 1 saturated heterocycles. The molecule has 4 nitrogen and oxygen atoms in total. The van der Waals surface area contributed by atoms with Gasteiger partial charge in [-0.1, -0.05) is 15.9 Å². The number of ether oxygens (including phenoxy) is 2. The summed E-state index contributed by atoms with van der Waals surface area (Å²) in [6.45, 7) is 1.90. The van der Waals surface area contributed by atoms with Gasteiger partial charge in [0.2, 0.25) is 5.91 Å². The topological polar surface area (TPSA) is 47.6 Å². The summed E-state index contributed by atoms with van der Waals surface area (Å²) < 4.78 is 12.0. The van der Waals surface area contributed by atoms with Crippen LogP contribution in [0, 0.1) is 0 Å². The van der Waals surface area contributed by atoms with Crippen molar-refractivity contribution in [3.05, 3.63) is 27.7 Å². The van der Waals surface area contributed by atoms with E-state index in [1.807, 2.05) is 6.07 Å². The summed E-state index contributed by atoms with van der Waals surface area (Å²) in [6, 6.07) is 4.08. The average molecular weight is 326 g/mol. The fraction of sp³-hybridized carbons (Fsp3) is 0.500. The Labute approximate surface area is 120 Å². The van der Waals surface area contributed by atoms with Gasteiger partial charge in [0.15, 0.2) is 0 Å². The summed E-state index contributed by atoms with van der Waals surface area (Å²) in [5, 5.41) is 2.93. The standard InChI is InChI=1S/C14H16BrNO3/c15-11-6-9-3-5-19-13(9)10(7-11)8-16-14(17)12-2-1-4-18-12/h6-7,12H,1-5,8H2,(H,16,17). The Kier molecular flexibility index (Phi) is 3.75. The number of benzene rings is 1. The first-order valence-corrected chi connectivity index (χ1v) is 7.37. The summed E-state index contributed by atoms with van der Waals surface area (Å²) in [5.74, 6) is 0.903. The second-order valence-electron chi connectivity index (χ2n) is 4.87. The molecule has 2 aliphatic heterocycles. The molecule has 5 heteroatoms. The van der Waals surface area contributed by atoms with Crippen LogP contribution in [0.1, 0.15) is 24.0 Å². The van der Waals surface area contributed by atoms with Gasteiger partial charge >= 0.3 is 0 Å². The first kappa shape index (κ1) is 12.9. The number of carbonyl (C=O) groups excluding carboxylic acids is 1. The average Bonchev–Trinajstić information content (AvgIpc) is 3.05. The van der Waals surface area contributed by atoms with Crippen LogP contribution in [0.4, 0.5) is 0 Å². The van der Waals surface area contributed by atoms with Crippen LogP contribution in [-0.4, -0.2) is 25.2 Å². The molecule has 0 aliphatic carbocycles. The normalized spacial score (nSPS) is 21.0. The third-order valence-electron chi connectivity index (χ3n) is 3.50. The minimum absolute atomic E-state index is 0.0239. The van der Waals surface area contributed by atoms with Crippen molar-refractivity contribution in [1.82, 2.24) is 5.32 Å². The minimum Gasteiger partial charge on any atom is -0.493 e. The fourth-order valence-corrected chi connectivity index (χ4v) is 3.11. The number of rotatable bonds is 3. The zero-order chi connectivity index (χ0) is 13.2. The van der Waals surface area contributed by atoms with Gasteiger partial charge in [-0.3, -0.25) is 4.79 Å². The molecule has 1 fully saturated rings. The van der Waals surface area contributed by atoms with E-state index in [0.717, 1.165) is 41.7 Å². The highest BCUT2D eigenvalue weighted by Crippen LogP contribution is 2.32. The van der Waals surface area contributed by atoms with Gasteiger partial charge in [-0.25, -0.2) is 0 Å². The lowest BCUT2D eigenvalue weighted by molar-refractivity contribution is -0.130. The molecule has 0 bridgehead atoms. The molecule has 1 atom stereocenters. The molecular formula is C14H16BrNO3. The van der Waals surface area contributed by atoms with E-state index in [-0.39, 0.29) is 12.0 Å². The largest absolute Gasteiger partial charge is 0.493 e. The molecule has 0 saturated carbocycles. The molecule has 2 aliphatic rings. The lowest BCUT2D eigenvalue weighted by Gasteiger charge is -2.13. The van der Waals surface area contributed by atoms with Crippen molar-refractivity contribution in [1.29, 1.82) is 0 Å². The van der Waals surface area contributed by atoms with Gasteiger partial charge in [-0.15, -0.1) is 0 Å². The minimum atomic E-state index is -0.277. The molecule has 19 heavy (non-hydrogen) atoms. The molecule has 1 amide bonds. The van der Waals surface area contributed by atoms with E-state index in [1.54, 1.807) is 0 Å². The Morgan fingerprint density at radius 2 is 2.32 bits per heavy atom. The molecular weight excluding hydrogens is 310 g/mol. The Morgan fingerprint density at radius 1 is 1.42 bits per heavy atom. The number of amides is 1. The SMILES string of the molecule is O=C(NCc1cc(Br)cc2c1OCC2)C1CCCO1. The molecule has 0 radical (unpaired) electrons. The lowest BCUT2D eigenvalue weighted by Crippen LogP contribution is -2.33. The molecule has 102 valence electrons. The van der Waals surface area contributed by atoms with Crippen LogP contribution in [-0.2, 0) is 22.5 Å². The third kappa shape index (κ3) is 2.77. The van der Waals surface area contributed by atoms with Crippen LogP contribution < -0.4 is 10.1 Å². The number of nitrogens with one attached hydrogen (secondary N) is 1. The lowest BCUT2D eigenvalue weighted by atomic mass is 10.1. The van der Waals surface area contributed by atoms with Crippen LogP contribution in [0.3, 0.4) is 0 Å². The Bertz CT molecular complexity index is 498. The van der Waals surface area contributed by atoms with Crippen LogP contribution >= 0.6 is 15.9 Å². The molecule has 1 unspecified atom stereocenters. The highest BCUT2D eigenvalue weighted by atomic mass is 79.9. The molecule has 3 rings (SSSR count). The number of fused-ring (bicyclic) bond motifs is 1. The van der Waals surface area contributed by atoms with E-state index < -0.39 is 0 Å². The van der Waals surface area contributed by atoms with Gasteiger partial charge in [-0.2, -0.15) is 0 Å². The van der Waals surface area contributed by atoms with Crippen molar-refractivity contribution in [2.75, 3.05) is 13.2 Å². The van der Waals surface area contributed by atoms with Crippen molar-refractivity contribution in [3.63, 3.8) is 0 Å². The molecule has 1 aromatic carbocycles. The maximum absolute atomic E-state index is 11.9. The van der Waals surface area contributed by atoms with E-state index in [0.29, 0.717) is 13.2 Å². The van der Waals surface area contributed by atoms with E-state index in [9.17, 15) is 4.79 Å². The van der Waals surface area contributed by atoms with Crippen molar-refractivity contribution >= 4 is 21.8 Å². The van der Waals surface area contributed by atoms with E-state index >= 15 is 0 Å². The number of hydrogen-bond acceptors (Lipinski definition) is 3. The van der Waals surface area contributed by atoms with Gasteiger partial charge in [0, 0.05) is 29.6 Å². The van der Waals surface area contributed by atoms with Gasteiger partial charge in [0.25, 0.3) is 0 Å². The first-order valence-electron chi connectivity index (χ1n) is 6.57. The van der Waals surface area contributed by atoms with Crippen molar-refractivity contribution in [3.8, 4) is 5.75 Å². The third-order valence-corrected chi connectivity index (χ3v) is 3.96. The Balaban J connectivity index is 1.68. The summed E-state index contributed by atoms with van der Waals surface area (Å²) in [7, 11) is 0. The highest BCUT2D eigenvalue weighted by Gasteiger charge is 2.24. The summed E-state index contributed by atoms with van der Waals surface area (Å²) >= 11 is 3.50.